The second-order valence-corrected chi connectivity index (χ2v) is 7.79. The first-order valence-corrected chi connectivity index (χ1v) is 9.50. The summed E-state index contributed by atoms with van der Waals surface area (Å²) in [4.78, 5) is 5.09. The molecule has 4 aromatic carbocycles. The Bertz CT molecular complexity index is 866. The number of hydrogen-bond acceptors (Lipinski definition) is 2. The fraction of sp³-hybridized carbons (Fsp3) is 0. The average molecular weight is 345 g/mol. The summed E-state index contributed by atoms with van der Waals surface area (Å²) in [6.07, 6.45) is 0. The zero-order valence-corrected chi connectivity index (χ0v) is 14.7. The van der Waals surface area contributed by atoms with Gasteiger partial charge in [0, 0.05) is 19.6 Å². The van der Waals surface area contributed by atoms with Gasteiger partial charge in [0.05, 0.1) is 0 Å². The molecule has 4 aromatic rings. The van der Waals surface area contributed by atoms with E-state index in [9.17, 15) is 0 Å². The highest BCUT2D eigenvalue weighted by Crippen LogP contribution is 2.33. The molecule has 0 aliphatic heterocycles. The monoisotopic (exact) mass is 344 g/mol. The van der Waals surface area contributed by atoms with E-state index in [1.165, 1.54) is 30.4 Å². The van der Waals surface area contributed by atoms with Crippen LogP contribution in [0, 0.1) is 0 Å². The zero-order valence-electron chi connectivity index (χ0n) is 13.1. The molecule has 0 aromatic heterocycles. The summed E-state index contributed by atoms with van der Waals surface area (Å²) in [5.74, 6) is 0. The predicted molar refractivity (Wildman–Crippen MR) is 105 cm³/mol. The van der Waals surface area contributed by atoms with Crippen LogP contribution in [-0.4, -0.2) is 0 Å². The fourth-order valence-corrected chi connectivity index (χ4v) is 4.35. The highest BCUT2D eigenvalue weighted by molar-refractivity contribution is 7.99. The molecule has 0 aliphatic rings. The van der Waals surface area contributed by atoms with Gasteiger partial charge in [-0.05, 0) is 59.3 Å². The lowest BCUT2D eigenvalue weighted by molar-refractivity contribution is 1.40. The van der Waals surface area contributed by atoms with Crippen LogP contribution >= 0.6 is 23.5 Å². The largest absolute Gasteiger partial charge is 0.0901 e. The van der Waals surface area contributed by atoms with E-state index in [1.54, 1.807) is 23.5 Å². The van der Waals surface area contributed by atoms with Crippen LogP contribution in [0.25, 0.3) is 10.8 Å². The van der Waals surface area contributed by atoms with Gasteiger partial charge in [0.15, 0.2) is 0 Å². The summed E-state index contributed by atoms with van der Waals surface area (Å²) in [6.45, 7) is 0. The molecular weight excluding hydrogens is 328 g/mol. The highest BCUT2D eigenvalue weighted by Gasteiger charge is 2.02. The summed E-state index contributed by atoms with van der Waals surface area (Å²) < 4.78 is 0. The van der Waals surface area contributed by atoms with E-state index >= 15 is 0 Å². The van der Waals surface area contributed by atoms with Gasteiger partial charge >= 0.3 is 0 Å². The second-order valence-electron chi connectivity index (χ2n) is 5.50. The van der Waals surface area contributed by atoms with E-state index in [1.807, 2.05) is 0 Å². The van der Waals surface area contributed by atoms with Crippen molar-refractivity contribution in [2.24, 2.45) is 0 Å². The standard InChI is InChI=1S/C22H16S2/c1-3-7-19(8-4-1)23-21-13-11-18-16-22(14-12-17(18)15-21)24-20-9-5-2-6-10-20/h1-16H. The van der Waals surface area contributed by atoms with E-state index in [4.69, 9.17) is 0 Å². The molecule has 0 heterocycles. The maximum absolute atomic E-state index is 2.27. The molecule has 0 N–H and O–H groups in total. The van der Waals surface area contributed by atoms with E-state index in [2.05, 4.69) is 97.1 Å². The smallest absolute Gasteiger partial charge is 0.0128 e. The molecule has 0 saturated heterocycles. The minimum Gasteiger partial charge on any atom is -0.0901 e. The molecule has 0 unspecified atom stereocenters. The SMILES string of the molecule is c1ccc(Sc2ccc3cc(Sc4ccccc4)ccc3c2)cc1. The minimum atomic E-state index is 1.27. The zero-order chi connectivity index (χ0) is 16.2. The quantitative estimate of drug-likeness (QED) is 0.386. The molecule has 116 valence electrons. The average Bonchev–Trinajstić information content (AvgIpc) is 2.64. The number of rotatable bonds is 4. The van der Waals surface area contributed by atoms with Crippen LogP contribution in [0.3, 0.4) is 0 Å². The van der Waals surface area contributed by atoms with Crippen molar-refractivity contribution in [2.45, 2.75) is 19.6 Å². The normalized spacial score (nSPS) is 10.8. The van der Waals surface area contributed by atoms with Gasteiger partial charge in [0.1, 0.15) is 0 Å². The van der Waals surface area contributed by atoms with Gasteiger partial charge in [-0.2, -0.15) is 0 Å². The van der Waals surface area contributed by atoms with E-state index in [0.717, 1.165) is 0 Å². The van der Waals surface area contributed by atoms with Gasteiger partial charge in [-0.3, -0.25) is 0 Å². The predicted octanol–water partition coefficient (Wildman–Crippen LogP) is 7.14. The Balaban J connectivity index is 1.59. The van der Waals surface area contributed by atoms with Crippen molar-refractivity contribution in [1.82, 2.24) is 0 Å². The molecule has 0 radical (unpaired) electrons. The molecule has 0 nitrogen and oxygen atoms in total. The first kappa shape index (κ1) is 15.4. The lowest BCUT2D eigenvalue weighted by Crippen LogP contribution is -1.78. The van der Waals surface area contributed by atoms with Crippen LogP contribution in [0.2, 0.25) is 0 Å². The van der Waals surface area contributed by atoms with Crippen molar-refractivity contribution in [1.29, 1.82) is 0 Å². The van der Waals surface area contributed by atoms with Crippen LogP contribution in [0.4, 0.5) is 0 Å². The molecule has 0 fully saturated rings. The Labute approximate surface area is 150 Å². The Morgan fingerprint density at radius 1 is 0.375 bits per heavy atom. The lowest BCUT2D eigenvalue weighted by atomic mass is 10.1. The number of fused-ring (bicyclic) bond motifs is 1. The molecule has 0 bridgehead atoms. The summed E-state index contributed by atoms with van der Waals surface area (Å²) in [6, 6.07) is 34.4. The third-order valence-corrected chi connectivity index (χ3v) is 5.74. The molecule has 2 heteroatoms. The Morgan fingerprint density at radius 3 is 1.21 bits per heavy atom. The van der Waals surface area contributed by atoms with Crippen molar-refractivity contribution < 1.29 is 0 Å². The molecule has 4 rings (SSSR count). The van der Waals surface area contributed by atoms with Gasteiger partial charge in [-0.1, -0.05) is 72.1 Å². The van der Waals surface area contributed by atoms with Crippen LogP contribution in [0.5, 0.6) is 0 Å². The molecule has 0 amide bonds. The Morgan fingerprint density at radius 2 is 0.792 bits per heavy atom. The summed E-state index contributed by atoms with van der Waals surface area (Å²) in [7, 11) is 0. The maximum atomic E-state index is 2.27. The van der Waals surface area contributed by atoms with Crippen molar-refractivity contribution >= 4 is 34.3 Å². The van der Waals surface area contributed by atoms with E-state index in [0.29, 0.717) is 0 Å². The molecule has 0 spiro atoms. The third-order valence-electron chi connectivity index (χ3n) is 3.74. The summed E-state index contributed by atoms with van der Waals surface area (Å²) in [5, 5.41) is 2.57. The van der Waals surface area contributed by atoms with E-state index < -0.39 is 0 Å². The molecular formula is C22H16S2. The van der Waals surface area contributed by atoms with Crippen LogP contribution in [0.15, 0.2) is 117 Å². The summed E-state index contributed by atoms with van der Waals surface area (Å²) >= 11 is 3.61. The molecule has 0 aliphatic carbocycles. The van der Waals surface area contributed by atoms with Gasteiger partial charge < -0.3 is 0 Å². The maximum Gasteiger partial charge on any atom is 0.0128 e. The Hall–Kier alpha value is -2.16. The highest BCUT2D eigenvalue weighted by atomic mass is 32.2. The van der Waals surface area contributed by atoms with Crippen LogP contribution < -0.4 is 0 Å². The summed E-state index contributed by atoms with van der Waals surface area (Å²) in [5.41, 5.74) is 0. The van der Waals surface area contributed by atoms with Gasteiger partial charge in [-0.25, -0.2) is 0 Å². The van der Waals surface area contributed by atoms with Gasteiger partial charge in [0.25, 0.3) is 0 Å². The fourth-order valence-electron chi connectivity index (χ4n) is 2.58. The van der Waals surface area contributed by atoms with Crippen LogP contribution in [-0.2, 0) is 0 Å². The van der Waals surface area contributed by atoms with Crippen molar-refractivity contribution in [2.75, 3.05) is 0 Å². The topological polar surface area (TPSA) is 0 Å². The first-order chi connectivity index (χ1) is 11.9. The van der Waals surface area contributed by atoms with E-state index in [-0.39, 0.29) is 0 Å². The lowest BCUT2D eigenvalue weighted by Gasteiger charge is -2.06. The first-order valence-electron chi connectivity index (χ1n) is 7.86. The molecule has 0 saturated carbocycles. The molecule has 24 heavy (non-hydrogen) atoms. The third kappa shape index (κ3) is 3.66. The Kier molecular flexibility index (Phi) is 4.59. The molecule has 0 atom stereocenters. The van der Waals surface area contributed by atoms with Gasteiger partial charge in [-0.15, -0.1) is 0 Å². The minimum absolute atomic E-state index is 1.27. The second kappa shape index (κ2) is 7.16. The van der Waals surface area contributed by atoms with Gasteiger partial charge in [0.2, 0.25) is 0 Å². The number of benzene rings is 4. The number of hydrogen-bond donors (Lipinski definition) is 0. The van der Waals surface area contributed by atoms with Crippen molar-refractivity contribution in [3.8, 4) is 0 Å². The van der Waals surface area contributed by atoms with Crippen molar-refractivity contribution in [3.05, 3.63) is 97.1 Å². The van der Waals surface area contributed by atoms with Crippen molar-refractivity contribution in [3.63, 3.8) is 0 Å². The van der Waals surface area contributed by atoms with Crippen LogP contribution in [0.1, 0.15) is 0 Å².